The molecule has 0 radical (unpaired) electrons. The Bertz CT molecular complexity index is 312. The molecule has 1 aromatic heterocycles. The monoisotopic (exact) mass is 240 g/mol. The van der Waals surface area contributed by atoms with E-state index in [0.717, 1.165) is 6.54 Å². The average Bonchev–Trinajstić information content (AvgIpc) is 2.63. The second-order valence-electron chi connectivity index (χ2n) is 5.46. The van der Waals surface area contributed by atoms with E-state index in [4.69, 9.17) is 0 Å². The van der Waals surface area contributed by atoms with Gasteiger partial charge in [-0.2, -0.15) is 0 Å². The summed E-state index contributed by atoms with van der Waals surface area (Å²) in [5.41, 5.74) is 1.36. The van der Waals surface area contributed by atoms with Crippen molar-refractivity contribution in [2.75, 3.05) is 0 Å². The predicted molar refractivity (Wildman–Crippen MR) is 72.0 cm³/mol. The van der Waals surface area contributed by atoms with Gasteiger partial charge in [0, 0.05) is 23.4 Å². The molecule has 92 valence electrons. The van der Waals surface area contributed by atoms with E-state index < -0.39 is 0 Å². The Hall–Kier alpha value is -0.410. The van der Waals surface area contributed by atoms with Crippen LogP contribution >= 0.6 is 11.3 Å². The highest BCUT2D eigenvalue weighted by molar-refractivity contribution is 7.09. The molecule has 0 saturated carbocycles. The Labute approximate surface area is 103 Å². The van der Waals surface area contributed by atoms with Crippen molar-refractivity contribution in [2.24, 2.45) is 0 Å². The molecule has 0 aliphatic rings. The van der Waals surface area contributed by atoms with Crippen LogP contribution in [0.3, 0.4) is 0 Å². The molecule has 0 spiro atoms. The summed E-state index contributed by atoms with van der Waals surface area (Å²) >= 11 is 1.77. The topological polar surface area (TPSA) is 24.9 Å². The van der Waals surface area contributed by atoms with E-state index in [-0.39, 0.29) is 5.41 Å². The van der Waals surface area contributed by atoms with Crippen molar-refractivity contribution in [3.63, 3.8) is 0 Å². The van der Waals surface area contributed by atoms with Crippen LogP contribution in [-0.2, 0) is 12.0 Å². The van der Waals surface area contributed by atoms with Gasteiger partial charge in [-0.25, -0.2) is 4.98 Å². The number of hydrogen-bond acceptors (Lipinski definition) is 3. The van der Waals surface area contributed by atoms with E-state index in [1.165, 1.54) is 23.5 Å². The van der Waals surface area contributed by atoms with Gasteiger partial charge in [-0.1, -0.05) is 34.1 Å². The highest BCUT2D eigenvalue weighted by Crippen LogP contribution is 2.25. The van der Waals surface area contributed by atoms with Gasteiger partial charge in [0.15, 0.2) is 0 Å². The van der Waals surface area contributed by atoms with Crippen molar-refractivity contribution in [3.8, 4) is 0 Å². The Morgan fingerprint density at radius 1 is 1.44 bits per heavy atom. The molecule has 2 nitrogen and oxygen atoms in total. The largest absolute Gasteiger partial charge is 0.309 e. The van der Waals surface area contributed by atoms with Crippen LogP contribution in [0.15, 0.2) is 5.38 Å². The maximum absolute atomic E-state index is 4.67. The smallest absolute Gasteiger partial charge is 0.0982 e. The van der Waals surface area contributed by atoms with Crippen LogP contribution in [0.1, 0.15) is 58.2 Å². The lowest BCUT2D eigenvalue weighted by molar-refractivity contribution is 0.503. The van der Waals surface area contributed by atoms with Crippen LogP contribution in [0.2, 0.25) is 0 Å². The number of aromatic nitrogens is 1. The second kappa shape index (κ2) is 5.78. The van der Waals surface area contributed by atoms with Gasteiger partial charge >= 0.3 is 0 Å². The average molecular weight is 240 g/mol. The number of nitrogens with one attached hydrogen (secondary N) is 1. The molecule has 1 N–H and O–H groups in total. The molecule has 1 heterocycles. The normalized spacial score (nSPS) is 14.1. The fraction of sp³-hybridized carbons (Fsp3) is 0.769. The highest BCUT2D eigenvalue weighted by Gasteiger charge is 2.17. The first kappa shape index (κ1) is 13.7. The lowest BCUT2D eigenvalue weighted by atomic mass is 9.98. The SMILES string of the molecule is CCCC(C)NCc1csc(C(C)(C)C)n1. The van der Waals surface area contributed by atoms with Gasteiger partial charge < -0.3 is 5.32 Å². The van der Waals surface area contributed by atoms with Crippen molar-refractivity contribution in [3.05, 3.63) is 16.1 Å². The summed E-state index contributed by atoms with van der Waals surface area (Å²) in [6.45, 7) is 12.0. The van der Waals surface area contributed by atoms with Crippen LogP contribution in [0, 0.1) is 0 Å². The van der Waals surface area contributed by atoms with E-state index in [2.05, 4.69) is 50.3 Å². The molecule has 0 aromatic carbocycles. The maximum atomic E-state index is 4.67. The summed E-state index contributed by atoms with van der Waals surface area (Å²) in [4.78, 5) is 4.67. The summed E-state index contributed by atoms with van der Waals surface area (Å²) in [5.74, 6) is 0. The highest BCUT2D eigenvalue weighted by atomic mass is 32.1. The summed E-state index contributed by atoms with van der Waals surface area (Å²) in [7, 11) is 0. The molecule has 1 aromatic rings. The Morgan fingerprint density at radius 2 is 2.12 bits per heavy atom. The Kier molecular flexibility index (Phi) is 4.93. The minimum Gasteiger partial charge on any atom is -0.309 e. The van der Waals surface area contributed by atoms with Crippen molar-refractivity contribution in [1.82, 2.24) is 10.3 Å². The van der Waals surface area contributed by atoms with E-state index in [9.17, 15) is 0 Å². The minimum absolute atomic E-state index is 0.179. The van der Waals surface area contributed by atoms with E-state index in [1.54, 1.807) is 11.3 Å². The molecule has 0 amide bonds. The molecule has 0 aliphatic heterocycles. The first-order valence-electron chi connectivity index (χ1n) is 6.11. The quantitative estimate of drug-likeness (QED) is 0.848. The molecule has 0 bridgehead atoms. The first-order chi connectivity index (χ1) is 7.43. The third kappa shape index (κ3) is 4.22. The van der Waals surface area contributed by atoms with Crippen molar-refractivity contribution >= 4 is 11.3 Å². The van der Waals surface area contributed by atoms with Gasteiger partial charge in [0.05, 0.1) is 10.7 Å². The molecule has 1 rings (SSSR count). The number of hydrogen-bond donors (Lipinski definition) is 1. The molecular weight excluding hydrogens is 216 g/mol. The van der Waals surface area contributed by atoms with Gasteiger partial charge in [0.25, 0.3) is 0 Å². The van der Waals surface area contributed by atoms with Gasteiger partial charge in [0.1, 0.15) is 0 Å². The van der Waals surface area contributed by atoms with Gasteiger partial charge in [0.2, 0.25) is 0 Å². The van der Waals surface area contributed by atoms with E-state index in [1.807, 2.05) is 0 Å². The van der Waals surface area contributed by atoms with Crippen LogP contribution in [0.5, 0.6) is 0 Å². The summed E-state index contributed by atoms with van der Waals surface area (Å²) in [6, 6.07) is 0.588. The molecule has 0 saturated heterocycles. The lowest BCUT2D eigenvalue weighted by Crippen LogP contribution is -2.25. The van der Waals surface area contributed by atoms with Crippen LogP contribution in [0.4, 0.5) is 0 Å². The van der Waals surface area contributed by atoms with Crippen molar-refractivity contribution in [2.45, 2.75) is 65.5 Å². The fourth-order valence-corrected chi connectivity index (χ4v) is 2.45. The summed E-state index contributed by atoms with van der Waals surface area (Å²) < 4.78 is 0. The van der Waals surface area contributed by atoms with Gasteiger partial charge in [-0.15, -0.1) is 11.3 Å². The third-order valence-electron chi connectivity index (χ3n) is 2.55. The zero-order valence-electron chi connectivity index (χ0n) is 11.1. The second-order valence-corrected chi connectivity index (χ2v) is 6.32. The minimum atomic E-state index is 0.179. The predicted octanol–water partition coefficient (Wildman–Crippen LogP) is 3.72. The molecule has 16 heavy (non-hydrogen) atoms. The number of rotatable bonds is 5. The zero-order valence-corrected chi connectivity index (χ0v) is 11.9. The molecule has 0 aliphatic carbocycles. The summed E-state index contributed by atoms with van der Waals surface area (Å²) in [6.07, 6.45) is 2.47. The zero-order chi connectivity index (χ0) is 12.2. The molecule has 3 heteroatoms. The number of nitrogens with zero attached hydrogens (tertiary/aromatic N) is 1. The maximum Gasteiger partial charge on any atom is 0.0982 e. The standard InChI is InChI=1S/C13H24N2S/c1-6-7-10(2)14-8-11-9-16-12(15-11)13(3,4)5/h9-10,14H,6-8H2,1-5H3. The summed E-state index contributed by atoms with van der Waals surface area (Å²) in [5, 5.41) is 6.91. The molecule has 0 fully saturated rings. The lowest BCUT2D eigenvalue weighted by Gasteiger charge is -2.14. The Balaban J connectivity index is 2.47. The number of thiazole rings is 1. The van der Waals surface area contributed by atoms with Crippen molar-refractivity contribution < 1.29 is 0 Å². The van der Waals surface area contributed by atoms with Crippen LogP contribution < -0.4 is 5.32 Å². The van der Waals surface area contributed by atoms with Crippen LogP contribution in [-0.4, -0.2) is 11.0 Å². The Morgan fingerprint density at radius 3 is 2.62 bits per heavy atom. The molecule has 1 unspecified atom stereocenters. The third-order valence-corrected chi connectivity index (χ3v) is 3.86. The molecular formula is C13H24N2S. The van der Waals surface area contributed by atoms with Gasteiger partial charge in [-0.3, -0.25) is 0 Å². The fourth-order valence-electron chi connectivity index (χ4n) is 1.55. The van der Waals surface area contributed by atoms with Crippen LogP contribution in [0.25, 0.3) is 0 Å². The van der Waals surface area contributed by atoms with E-state index in [0.29, 0.717) is 6.04 Å². The van der Waals surface area contributed by atoms with Crippen molar-refractivity contribution in [1.29, 1.82) is 0 Å². The molecule has 1 atom stereocenters. The first-order valence-corrected chi connectivity index (χ1v) is 6.99. The van der Waals surface area contributed by atoms with Gasteiger partial charge in [-0.05, 0) is 13.3 Å². The van der Waals surface area contributed by atoms with E-state index >= 15 is 0 Å².